The van der Waals surface area contributed by atoms with Crippen LogP contribution in [-0.4, -0.2) is 17.8 Å². The number of rotatable bonds is 14. The van der Waals surface area contributed by atoms with Gasteiger partial charge in [0, 0.05) is 28.9 Å². The molecule has 0 saturated carbocycles. The molecule has 2 atom stereocenters. The molecular formula is C29H43NO2. The molecule has 0 amide bonds. The highest BCUT2D eigenvalue weighted by atomic mass is 16.5. The van der Waals surface area contributed by atoms with E-state index in [1.165, 1.54) is 73.2 Å². The highest BCUT2D eigenvalue weighted by Crippen LogP contribution is 2.34. The van der Waals surface area contributed by atoms with Crippen molar-refractivity contribution in [2.45, 2.75) is 79.1 Å². The number of aryl methyl sites for hydroxylation is 1. The summed E-state index contributed by atoms with van der Waals surface area (Å²) in [4.78, 5) is 0. The van der Waals surface area contributed by atoms with Crippen LogP contribution in [0.5, 0.6) is 11.5 Å². The maximum Gasteiger partial charge on any atom is 0.120 e. The highest BCUT2D eigenvalue weighted by molar-refractivity contribution is 6.08. The number of benzene rings is 2. The van der Waals surface area contributed by atoms with E-state index in [2.05, 4.69) is 75.7 Å². The lowest BCUT2D eigenvalue weighted by Crippen LogP contribution is -2.11. The third kappa shape index (κ3) is 5.99. The van der Waals surface area contributed by atoms with Crippen LogP contribution in [0.1, 0.15) is 79.1 Å². The summed E-state index contributed by atoms with van der Waals surface area (Å²) in [6.07, 6.45) is 9.92. The standard InChI is InChI=1S/C29H43NO2/c1-6-10-12-22(8-3)20-31-24-14-16-28-26(18-24)27-19-25(15-17-29(27)30(28)5)32-21-23(9-4)13-11-7-2/h14-19,22-23H,6-13,20-21H2,1-5H3. The fourth-order valence-electron chi connectivity index (χ4n) is 4.58. The summed E-state index contributed by atoms with van der Waals surface area (Å²) in [5.74, 6) is 3.21. The van der Waals surface area contributed by atoms with Gasteiger partial charge in [0.2, 0.25) is 0 Å². The summed E-state index contributed by atoms with van der Waals surface area (Å²) in [6.45, 7) is 10.7. The van der Waals surface area contributed by atoms with Gasteiger partial charge < -0.3 is 14.0 Å². The summed E-state index contributed by atoms with van der Waals surface area (Å²) in [5.41, 5.74) is 2.47. The van der Waals surface area contributed by atoms with E-state index < -0.39 is 0 Å². The van der Waals surface area contributed by atoms with Gasteiger partial charge in [-0.2, -0.15) is 0 Å². The lowest BCUT2D eigenvalue weighted by molar-refractivity contribution is 0.233. The molecule has 0 N–H and O–H groups in total. The third-order valence-electron chi connectivity index (χ3n) is 7.01. The van der Waals surface area contributed by atoms with Crippen molar-refractivity contribution in [1.29, 1.82) is 0 Å². The summed E-state index contributed by atoms with van der Waals surface area (Å²) in [7, 11) is 2.14. The lowest BCUT2D eigenvalue weighted by Gasteiger charge is -2.16. The topological polar surface area (TPSA) is 23.4 Å². The SMILES string of the molecule is CCCCC(CC)COc1ccc2c(c1)c1cc(OCC(CC)CCCC)ccc1n2C. The molecule has 0 saturated heterocycles. The number of unbranched alkanes of at least 4 members (excludes halogenated alkanes) is 2. The Morgan fingerprint density at radius 2 is 1.12 bits per heavy atom. The van der Waals surface area contributed by atoms with Gasteiger partial charge in [0.15, 0.2) is 0 Å². The van der Waals surface area contributed by atoms with Crippen molar-refractivity contribution in [2.75, 3.05) is 13.2 Å². The van der Waals surface area contributed by atoms with Crippen LogP contribution in [0.25, 0.3) is 21.8 Å². The molecule has 0 bridgehead atoms. The van der Waals surface area contributed by atoms with Gasteiger partial charge in [0.25, 0.3) is 0 Å². The quantitative estimate of drug-likeness (QED) is 0.252. The van der Waals surface area contributed by atoms with Gasteiger partial charge in [-0.25, -0.2) is 0 Å². The number of fused-ring (bicyclic) bond motifs is 3. The average molecular weight is 438 g/mol. The van der Waals surface area contributed by atoms with E-state index in [1.54, 1.807) is 0 Å². The number of ether oxygens (including phenoxy) is 2. The molecule has 0 aliphatic rings. The van der Waals surface area contributed by atoms with Crippen molar-refractivity contribution in [3.05, 3.63) is 36.4 Å². The first-order valence-electron chi connectivity index (χ1n) is 12.9. The molecule has 0 aliphatic heterocycles. The Morgan fingerprint density at radius 1 is 0.688 bits per heavy atom. The van der Waals surface area contributed by atoms with Gasteiger partial charge in [-0.1, -0.05) is 66.2 Å². The van der Waals surface area contributed by atoms with Crippen molar-refractivity contribution in [2.24, 2.45) is 18.9 Å². The van der Waals surface area contributed by atoms with Gasteiger partial charge in [-0.05, 0) is 61.1 Å². The van der Waals surface area contributed by atoms with Crippen LogP contribution in [0, 0.1) is 11.8 Å². The molecule has 0 fully saturated rings. The Morgan fingerprint density at radius 3 is 1.50 bits per heavy atom. The van der Waals surface area contributed by atoms with Crippen molar-refractivity contribution < 1.29 is 9.47 Å². The Balaban J connectivity index is 1.79. The fraction of sp³-hybridized carbons (Fsp3) is 0.586. The molecule has 176 valence electrons. The van der Waals surface area contributed by atoms with Crippen molar-refractivity contribution in [3.63, 3.8) is 0 Å². The zero-order chi connectivity index (χ0) is 22.9. The molecule has 3 nitrogen and oxygen atoms in total. The summed E-state index contributed by atoms with van der Waals surface area (Å²) in [5, 5.41) is 2.48. The molecule has 2 aromatic carbocycles. The monoisotopic (exact) mass is 437 g/mol. The van der Waals surface area contributed by atoms with E-state index >= 15 is 0 Å². The predicted molar refractivity (Wildman–Crippen MR) is 138 cm³/mol. The maximum absolute atomic E-state index is 6.24. The normalized spacial score (nSPS) is 13.5. The second kappa shape index (κ2) is 12.2. The Kier molecular flexibility index (Phi) is 9.32. The minimum Gasteiger partial charge on any atom is -0.493 e. The second-order valence-corrected chi connectivity index (χ2v) is 9.37. The van der Waals surface area contributed by atoms with Crippen molar-refractivity contribution in [1.82, 2.24) is 4.57 Å². The van der Waals surface area contributed by atoms with Crippen molar-refractivity contribution >= 4 is 21.8 Å². The number of hydrogen-bond donors (Lipinski definition) is 0. The molecule has 2 unspecified atom stereocenters. The van der Waals surface area contributed by atoms with E-state index in [-0.39, 0.29) is 0 Å². The van der Waals surface area contributed by atoms with Gasteiger partial charge >= 0.3 is 0 Å². The van der Waals surface area contributed by atoms with Crippen LogP contribution >= 0.6 is 0 Å². The second-order valence-electron chi connectivity index (χ2n) is 9.37. The van der Waals surface area contributed by atoms with E-state index in [0.717, 1.165) is 24.7 Å². The van der Waals surface area contributed by atoms with Crippen LogP contribution < -0.4 is 9.47 Å². The molecular weight excluding hydrogens is 394 g/mol. The first-order valence-corrected chi connectivity index (χ1v) is 12.9. The first kappa shape index (κ1) is 24.5. The Labute approximate surface area is 195 Å². The van der Waals surface area contributed by atoms with Crippen LogP contribution in [0.3, 0.4) is 0 Å². The van der Waals surface area contributed by atoms with Crippen LogP contribution in [-0.2, 0) is 7.05 Å². The number of nitrogens with zero attached hydrogens (tertiary/aromatic N) is 1. The van der Waals surface area contributed by atoms with Gasteiger partial charge in [0.1, 0.15) is 11.5 Å². The lowest BCUT2D eigenvalue weighted by atomic mass is 10.0. The molecule has 1 aromatic heterocycles. The summed E-state index contributed by atoms with van der Waals surface area (Å²) >= 11 is 0. The molecule has 3 rings (SSSR count). The first-order chi connectivity index (χ1) is 15.6. The maximum atomic E-state index is 6.24. The van der Waals surface area contributed by atoms with Gasteiger partial charge in [-0.3, -0.25) is 0 Å². The Bertz CT molecular complexity index is 897. The molecule has 0 aliphatic carbocycles. The molecule has 0 spiro atoms. The largest absolute Gasteiger partial charge is 0.493 e. The predicted octanol–water partition coefficient (Wildman–Crippen LogP) is 8.52. The summed E-state index contributed by atoms with van der Waals surface area (Å²) in [6, 6.07) is 13.0. The van der Waals surface area contributed by atoms with Crippen LogP contribution in [0.15, 0.2) is 36.4 Å². The molecule has 3 aromatic rings. The average Bonchev–Trinajstić information content (AvgIpc) is 3.10. The minimum absolute atomic E-state index is 0.636. The molecule has 32 heavy (non-hydrogen) atoms. The summed E-state index contributed by atoms with van der Waals surface area (Å²) < 4.78 is 14.8. The van der Waals surface area contributed by atoms with E-state index in [1.807, 2.05) is 0 Å². The van der Waals surface area contributed by atoms with E-state index in [0.29, 0.717) is 11.8 Å². The van der Waals surface area contributed by atoms with E-state index in [4.69, 9.17) is 9.47 Å². The molecule has 3 heteroatoms. The third-order valence-corrected chi connectivity index (χ3v) is 7.01. The fourth-order valence-corrected chi connectivity index (χ4v) is 4.58. The molecule has 0 radical (unpaired) electrons. The number of aromatic nitrogens is 1. The van der Waals surface area contributed by atoms with Crippen molar-refractivity contribution in [3.8, 4) is 11.5 Å². The van der Waals surface area contributed by atoms with Gasteiger partial charge in [-0.15, -0.1) is 0 Å². The van der Waals surface area contributed by atoms with E-state index in [9.17, 15) is 0 Å². The van der Waals surface area contributed by atoms with Gasteiger partial charge in [0.05, 0.1) is 13.2 Å². The zero-order valence-corrected chi connectivity index (χ0v) is 21.0. The Hall–Kier alpha value is -2.16. The zero-order valence-electron chi connectivity index (χ0n) is 21.0. The number of hydrogen-bond acceptors (Lipinski definition) is 2. The molecule has 1 heterocycles. The minimum atomic E-state index is 0.636. The van der Waals surface area contributed by atoms with Crippen LogP contribution in [0.2, 0.25) is 0 Å². The smallest absolute Gasteiger partial charge is 0.120 e. The highest BCUT2D eigenvalue weighted by Gasteiger charge is 2.13. The van der Waals surface area contributed by atoms with Crippen LogP contribution in [0.4, 0.5) is 0 Å².